The van der Waals surface area contributed by atoms with Crippen LogP contribution in [0.3, 0.4) is 0 Å². The van der Waals surface area contributed by atoms with Gasteiger partial charge in [0, 0.05) is 22.1 Å². The molecule has 0 radical (unpaired) electrons. The number of nitrogen functional groups attached to an aromatic ring is 1. The largest absolute Gasteiger partial charge is 0.480 e. The first-order valence-electron chi connectivity index (χ1n) is 6.00. The van der Waals surface area contributed by atoms with Crippen LogP contribution < -0.4 is 11.1 Å². The summed E-state index contributed by atoms with van der Waals surface area (Å²) in [5, 5.41) is 11.4. The van der Waals surface area contributed by atoms with Crippen LogP contribution in [0.15, 0.2) is 22.7 Å². The highest BCUT2D eigenvalue weighted by molar-refractivity contribution is 9.10. The number of benzene rings is 1. The average Bonchev–Trinajstić information content (AvgIpc) is 2.45. The van der Waals surface area contributed by atoms with Crippen molar-refractivity contribution in [3.63, 3.8) is 0 Å². The molecule has 1 aromatic rings. The second-order valence-corrected chi connectivity index (χ2v) is 5.07. The molecular weight excluding hydrogens is 344 g/mol. The van der Waals surface area contributed by atoms with Crippen molar-refractivity contribution in [2.75, 3.05) is 12.8 Å². The van der Waals surface area contributed by atoms with E-state index in [9.17, 15) is 14.4 Å². The number of rotatable bonds is 6. The van der Waals surface area contributed by atoms with E-state index in [-0.39, 0.29) is 18.4 Å². The van der Waals surface area contributed by atoms with Gasteiger partial charge in [-0.2, -0.15) is 0 Å². The highest BCUT2D eigenvalue weighted by atomic mass is 79.9. The van der Waals surface area contributed by atoms with Crippen LogP contribution in [0.5, 0.6) is 0 Å². The molecule has 0 bridgehead atoms. The van der Waals surface area contributed by atoms with Crippen LogP contribution in [0.4, 0.5) is 5.69 Å². The van der Waals surface area contributed by atoms with Gasteiger partial charge in [0.2, 0.25) is 0 Å². The van der Waals surface area contributed by atoms with E-state index < -0.39 is 23.9 Å². The lowest BCUT2D eigenvalue weighted by atomic mass is 10.1. The molecule has 0 aromatic heterocycles. The molecule has 0 aliphatic heterocycles. The fourth-order valence-corrected chi connectivity index (χ4v) is 1.91. The third kappa shape index (κ3) is 5.07. The number of carboxylic acid groups (broad SMARTS) is 1. The van der Waals surface area contributed by atoms with Crippen molar-refractivity contribution in [2.45, 2.75) is 18.9 Å². The first-order valence-corrected chi connectivity index (χ1v) is 6.80. The summed E-state index contributed by atoms with van der Waals surface area (Å²) in [6.07, 6.45) is -0.150. The van der Waals surface area contributed by atoms with Crippen LogP contribution in [-0.4, -0.2) is 36.1 Å². The number of hydrogen-bond donors (Lipinski definition) is 3. The summed E-state index contributed by atoms with van der Waals surface area (Å²) < 4.78 is 4.97. The molecule has 0 aliphatic rings. The number of aliphatic carboxylic acids is 1. The summed E-state index contributed by atoms with van der Waals surface area (Å²) in [4.78, 5) is 34.1. The lowest BCUT2D eigenvalue weighted by Crippen LogP contribution is -2.41. The van der Waals surface area contributed by atoms with Gasteiger partial charge in [0.25, 0.3) is 5.91 Å². The summed E-state index contributed by atoms with van der Waals surface area (Å²) in [5.74, 6) is -2.32. The van der Waals surface area contributed by atoms with Crippen molar-refractivity contribution in [1.29, 1.82) is 0 Å². The standard InChI is InChI=1S/C13H15BrN2O5/c1-21-11(17)5-4-10(13(19)20)16-12(18)7-2-3-9(15)8(14)6-7/h2-3,6,10H,4-5,15H2,1H3,(H,16,18)(H,19,20)/t10-/m1/s1. The molecule has 1 aromatic carbocycles. The number of nitrogens with two attached hydrogens (primary N) is 1. The van der Waals surface area contributed by atoms with Gasteiger partial charge in [-0.25, -0.2) is 4.79 Å². The number of methoxy groups -OCH3 is 1. The van der Waals surface area contributed by atoms with E-state index in [1.165, 1.54) is 25.3 Å². The van der Waals surface area contributed by atoms with E-state index in [2.05, 4.69) is 26.0 Å². The maximum absolute atomic E-state index is 12.0. The van der Waals surface area contributed by atoms with E-state index in [1.54, 1.807) is 0 Å². The van der Waals surface area contributed by atoms with Crippen LogP contribution in [0.2, 0.25) is 0 Å². The van der Waals surface area contributed by atoms with Crippen LogP contribution in [0.25, 0.3) is 0 Å². The molecule has 8 heteroatoms. The topological polar surface area (TPSA) is 119 Å². The SMILES string of the molecule is COC(=O)CC[C@@H](NC(=O)c1ccc(N)c(Br)c1)C(=O)O. The van der Waals surface area contributed by atoms with Gasteiger partial charge >= 0.3 is 11.9 Å². The second kappa shape index (κ2) is 7.63. The van der Waals surface area contributed by atoms with Gasteiger partial charge in [-0.15, -0.1) is 0 Å². The molecular formula is C13H15BrN2O5. The number of carbonyl (C=O) groups is 3. The minimum atomic E-state index is -1.22. The number of anilines is 1. The zero-order valence-electron chi connectivity index (χ0n) is 11.3. The third-order valence-corrected chi connectivity index (χ3v) is 3.42. The Kier molecular flexibility index (Phi) is 6.16. The highest BCUT2D eigenvalue weighted by Crippen LogP contribution is 2.20. The summed E-state index contributed by atoms with van der Waals surface area (Å²) in [6.45, 7) is 0. The Morgan fingerprint density at radius 3 is 2.62 bits per heavy atom. The van der Waals surface area contributed by atoms with Crippen LogP contribution in [0, 0.1) is 0 Å². The van der Waals surface area contributed by atoms with Crippen molar-refractivity contribution in [3.05, 3.63) is 28.2 Å². The molecule has 4 N–H and O–H groups in total. The molecule has 0 heterocycles. The Hall–Kier alpha value is -2.09. The van der Waals surface area contributed by atoms with E-state index in [0.29, 0.717) is 10.2 Å². The zero-order valence-corrected chi connectivity index (χ0v) is 12.8. The number of carbonyl (C=O) groups excluding carboxylic acids is 2. The molecule has 0 saturated carbocycles. The molecule has 21 heavy (non-hydrogen) atoms. The van der Waals surface area contributed by atoms with E-state index in [0.717, 1.165) is 0 Å². The number of esters is 1. The smallest absolute Gasteiger partial charge is 0.326 e. The maximum Gasteiger partial charge on any atom is 0.326 e. The molecule has 7 nitrogen and oxygen atoms in total. The molecule has 1 amide bonds. The molecule has 114 valence electrons. The van der Waals surface area contributed by atoms with Gasteiger partial charge in [0.15, 0.2) is 0 Å². The lowest BCUT2D eigenvalue weighted by Gasteiger charge is -2.14. The second-order valence-electron chi connectivity index (χ2n) is 4.22. The van der Waals surface area contributed by atoms with Gasteiger partial charge in [-0.3, -0.25) is 9.59 Å². The van der Waals surface area contributed by atoms with Crippen molar-refractivity contribution < 1.29 is 24.2 Å². The first kappa shape index (κ1) is 17.0. The number of ether oxygens (including phenoxy) is 1. The van der Waals surface area contributed by atoms with Gasteiger partial charge in [-0.1, -0.05) is 0 Å². The van der Waals surface area contributed by atoms with Crippen molar-refractivity contribution in [1.82, 2.24) is 5.32 Å². The van der Waals surface area contributed by atoms with Crippen molar-refractivity contribution in [3.8, 4) is 0 Å². The minimum absolute atomic E-state index is 0.0517. The molecule has 1 rings (SSSR count). The van der Waals surface area contributed by atoms with Crippen LogP contribution >= 0.6 is 15.9 Å². The average molecular weight is 359 g/mol. The van der Waals surface area contributed by atoms with Crippen molar-refractivity contribution >= 4 is 39.5 Å². The van der Waals surface area contributed by atoms with Gasteiger partial charge < -0.3 is 20.9 Å². The molecule has 0 unspecified atom stereocenters. The number of halogens is 1. The van der Waals surface area contributed by atoms with E-state index >= 15 is 0 Å². The Bertz CT molecular complexity index is 561. The minimum Gasteiger partial charge on any atom is -0.480 e. The first-order chi connectivity index (χ1) is 9.85. The third-order valence-electron chi connectivity index (χ3n) is 2.73. The lowest BCUT2D eigenvalue weighted by molar-refractivity contribution is -0.142. The molecule has 1 atom stereocenters. The predicted molar refractivity (Wildman–Crippen MR) is 78.7 cm³/mol. The summed E-state index contributed by atoms with van der Waals surface area (Å²) in [7, 11) is 1.21. The van der Waals surface area contributed by atoms with Gasteiger partial charge in [0.05, 0.1) is 7.11 Å². The monoisotopic (exact) mass is 358 g/mol. The van der Waals surface area contributed by atoms with Gasteiger partial charge in [0.1, 0.15) is 6.04 Å². The Labute approximate surface area is 129 Å². The fourth-order valence-electron chi connectivity index (χ4n) is 1.53. The molecule has 0 saturated heterocycles. The zero-order chi connectivity index (χ0) is 16.0. The molecule has 0 aliphatic carbocycles. The maximum atomic E-state index is 12.0. The predicted octanol–water partition coefficient (Wildman–Crippen LogP) is 1.17. The van der Waals surface area contributed by atoms with E-state index in [4.69, 9.17) is 10.8 Å². The highest BCUT2D eigenvalue weighted by Gasteiger charge is 2.22. The Morgan fingerprint density at radius 2 is 2.10 bits per heavy atom. The number of nitrogens with one attached hydrogen (secondary N) is 1. The number of carboxylic acids is 1. The normalized spacial score (nSPS) is 11.5. The summed E-state index contributed by atoms with van der Waals surface area (Å²) >= 11 is 3.19. The molecule has 0 spiro atoms. The Morgan fingerprint density at radius 1 is 1.43 bits per heavy atom. The van der Waals surface area contributed by atoms with E-state index in [1.807, 2.05) is 0 Å². The van der Waals surface area contributed by atoms with Crippen LogP contribution in [0.1, 0.15) is 23.2 Å². The number of hydrogen-bond acceptors (Lipinski definition) is 5. The number of amides is 1. The summed E-state index contributed by atoms with van der Waals surface area (Å²) in [5.41, 5.74) is 6.34. The molecule has 0 fully saturated rings. The quantitative estimate of drug-likeness (QED) is 0.518. The Balaban J connectivity index is 2.74. The fraction of sp³-hybridized carbons (Fsp3) is 0.308. The van der Waals surface area contributed by atoms with Gasteiger partial charge in [-0.05, 0) is 40.5 Å². The summed E-state index contributed by atoms with van der Waals surface area (Å²) in [6, 6.07) is 3.33. The van der Waals surface area contributed by atoms with Crippen molar-refractivity contribution in [2.24, 2.45) is 0 Å². The van der Waals surface area contributed by atoms with Crippen LogP contribution in [-0.2, 0) is 14.3 Å².